The predicted molar refractivity (Wildman–Crippen MR) is 111 cm³/mol. The largest absolute Gasteiger partial charge is 0.469 e. The van der Waals surface area contributed by atoms with Gasteiger partial charge in [0.05, 0.1) is 13.2 Å². The molecule has 0 radical (unpaired) electrons. The van der Waals surface area contributed by atoms with Crippen LogP contribution in [-0.4, -0.2) is 24.3 Å². The molecule has 0 bridgehead atoms. The van der Waals surface area contributed by atoms with E-state index in [1.54, 1.807) is 0 Å². The fraction of sp³-hybridized carbons (Fsp3) is 0.957. The zero-order valence-corrected chi connectivity index (χ0v) is 17.8. The van der Waals surface area contributed by atoms with E-state index in [1.807, 2.05) is 0 Å². The number of hydrogen-bond acceptors (Lipinski definition) is 3. The first-order valence-corrected chi connectivity index (χ1v) is 11.5. The lowest BCUT2D eigenvalue weighted by atomic mass is 10.0. The Labute approximate surface area is 163 Å². The third-order valence-corrected chi connectivity index (χ3v) is 5.29. The summed E-state index contributed by atoms with van der Waals surface area (Å²) in [5.74, 6) is -0.147. The standard InChI is InChI=1S/C23H46O3/c1-3-4-5-6-7-8-9-10-11-12-13-14-15-16-19-22(24)20-17-18-21-23(25)26-2/h22,24H,3-21H2,1-2H3. The highest BCUT2D eigenvalue weighted by Crippen LogP contribution is 2.15. The van der Waals surface area contributed by atoms with Crippen LogP contribution in [0.2, 0.25) is 0 Å². The van der Waals surface area contributed by atoms with Crippen molar-refractivity contribution >= 4 is 5.97 Å². The first kappa shape index (κ1) is 25.4. The van der Waals surface area contributed by atoms with Gasteiger partial charge in [-0.05, 0) is 19.3 Å². The summed E-state index contributed by atoms with van der Waals surface area (Å²) < 4.78 is 4.61. The van der Waals surface area contributed by atoms with Gasteiger partial charge in [-0.3, -0.25) is 4.79 Å². The Morgan fingerprint density at radius 2 is 1.08 bits per heavy atom. The molecule has 0 aliphatic rings. The summed E-state index contributed by atoms with van der Waals surface area (Å²) >= 11 is 0. The van der Waals surface area contributed by atoms with E-state index in [9.17, 15) is 9.90 Å². The molecule has 3 nitrogen and oxygen atoms in total. The maximum atomic E-state index is 11.0. The van der Waals surface area contributed by atoms with Crippen molar-refractivity contribution in [2.24, 2.45) is 0 Å². The summed E-state index contributed by atoms with van der Waals surface area (Å²) in [6, 6.07) is 0. The molecule has 3 heteroatoms. The molecule has 0 aliphatic carbocycles. The Kier molecular flexibility index (Phi) is 20.3. The molecule has 0 aromatic carbocycles. The summed E-state index contributed by atoms with van der Waals surface area (Å²) in [6.45, 7) is 2.28. The highest BCUT2D eigenvalue weighted by atomic mass is 16.5. The van der Waals surface area contributed by atoms with E-state index >= 15 is 0 Å². The number of methoxy groups -OCH3 is 1. The van der Waals surface area contributed by atoms with Gasteiger partial charge in [0.15, 0.2) is 0 Å². The highest BCUT2D eigenvalue weighted by molar-refractivity contribution is 5.68. The van der Waals surface area contributed by atoms with Crippen LogP contribution in [0, 0.1) is 0 Å². The number of unbranched alkanes of at least 4 members (excludes halogenated alkanes) is 14. The van der Waals surface area contributed by atoms with Crippen LogP contribution in [0.4, 0.5) is 0 Å². The Morgan fingerprint density at radius 1 is 0.692 bits per heavy atom. The molecule has 1 unspecified atom stereocenters. The van der Waals surface area contributed by atoms with Crippen LogP contribution in [0.5, 0.6) is 0 Å². The van der Waals surface area contributed by atoms with Crippen molar-refractivity contribution < 1.29 is 14.6 Å². The maximum Gasteiger partial charge on any atom is 0.305 e. The van der Waals surface area contributed by atoms with Crippen LogP contribution in [0.3, 0.4) is 0 Å². The second-order valence-electron chi connectivity index (χ2n) is 7.86. The fourth-order valence-corrected chi connectivity index (χ4v) is 3.47. The van der Waals surface area contributed by atoms with Crippen molar-refractivity contribution in [3.8, 4) is 0 Å². The molecule has 0 saturated carbocycles. The zero-order valence-electron chi connectivity index (χ0n) is 17.8. The topological polar surface area (TPSA) is 46.5 Å². The molecule has 26 heavy (non-hydrogen) atoms. The smallest absolute Gasteiger partial charge is 0.305 e. The molecule has 0 heterocycles. The second kappa shape index (κ2) is 20.7. The van der Waals surface area contributed by atoms with E-state index < -0.39 is 0 Å². The molecule has 0 amide bonds. The lowest BCUT2D eigenvalue weighted by Gasteiger charge is -2.10. The maximum absolute atomic E-state index is 11.0. The number of hydrogen-bond donors (Lipinski definition) is 1. The Morgan fingerprint density at radius 3 is 1.50 bits per heavy atom. The van der Waals surface area contributed by atoms with Crippen molar-refractivity contribution in [1.29, 1.82) is 0 Å². The SMILES string of the molecule is CCCCCCCCCCCCCCCCC(O)CCCCC(=O)OC. The Hall–Kier alpha value is -0.570. The number of carbonyl (C=O) groups is 1. The van der Waals surface area contributed by atoms with Crippen molar-refractivity contribution in [2.75, 3.05) is 7.11 Å². The second-order valence-corrected chi connectivity index (χ2v) is 7.86. The summed E-state index contributed by atoms with van der Waals surface area (Å²) in [4.78, 5) is 11.0. The third-order valence-electron chi connectivity index (χ3n) is 5.29. The van der Waals surface area contributed by atoms with E-state index in [2.05, 4.69) is 11.7 Å². The van der Waals surface area contributed by atoms with E-state index in [0.29, 0.717) is 6.42 Å². The summed E-state index contributed by atoms with van der Waals surface area (Å²) in [5.41, 5.74) is 0. The van der Waals surface area contributed by atoms with E-state index in [1.165, 1.54) is 90.6 Å². The summed E-state index contributed by atoms with van der Waals surface area (Å²) in [7, 11) is 1.42. The molecule has 156 valence electrons. The minimum atomic E-state index is -0.190. The summed E-state index contributed by atoms with van der Waals surface area (Å²) in [5, 5.41) is 9.95. The molecular weight excluding hydrogens is 324 g/mol. The molecule has 1 N–H and O–H groups in total. The van der Waals surface area contributed by atoms with Gasteiger partial charge >= 0.3 is 5.97 Å². The quantitative estimate of drug-likeness (QED) is 0.186. The van der Waals surface area contributed by atoms with Gasteiger partial charge in [-0.15, -0.1) is 0 Å². The Bertz CT molecular complexity index is 291. The van der Waals surface area contributed by atoms with Crippen LogP contribution in [0.1, 0.15) is 129 Å². The van der Waals surface area contributed by atoms with Gasteiger partial charge in [0, 0.05) is 6.42 Å². The van der Waals surface area contributed by atoms with Crippen LogP contribution < -0.4 is 0 Å². The normalized spacial score (nSPS) is 12.3. The zero-order chi connectivity index (χ0) is 19.3. The van der Waals surface area contributed by atoms with Crippen LogP contribution in [-0.2, 0) is 9.53 Å². The first-order chi connectivity index (χ1) is 12.7. The third kappa shape index (κ3) is 19.8. The first-order valence-electron chi connectivity index (χ1n) is 11.5. The van der Waals surface area contributed by atoms with Gasteiger partial charge in [0.25, 0.3) is 0 Å². The van der Waals surface area contributed by atoms with E-state index in [4.69, 9.17) is 0 Å². The minimum Gasteiger partial charge on any atom is -0.469 e. The highest BCUT2D eigenvalue weighted by Gasteiger charge is 2.05. The number of aliphatic hydroxyl groups excluding tert-OH is 1. The van der Waals surface area contributed by atoms with Gasteiger partial charge in [-0.2, -0.15) is 0 Å². The molecule has 0 rings (SSSR count). The monoisotopic (exact) mass is 370 g/mol. The van der Waals surface area contributed by atoms with Gasteiger partial charge in [0.2, 0.25) is 0 Å². The van der Waals surface area contributed by atoms with E-state index in [-0.39, 0.29) is 12.1 Å². The molecule has 0 saturated heterocycles. The van der Waals surface area contributed by atoms with Crippen molar-refractivity contribution in [3.63, 3.8) is 0 Å². The van der Waals surface area contributed by atoms with Crippen molar-refractivity contribution in [1.82, 2.24) is 0 Å². The van der Waals surface area contributed by atoms with Crippen molar-refractivity contribution in [2.45, 2.75) is 135 Å². The fourth-order valence-electron chi connectivity index (χ4n) is 3.47. The van der Waals surface area contributed by atoms with Crippen molar-refractivity contribution in [3.05, 3.63) is 0 Å². The molecule has 0 fully saturated rings. The molecule has 1 atom stereocenters. The molecule has 0 aromatic heterocycles. The minimum absolute atomic E-state index is 0.147. The Balaban J connectivity index is 3.15. The molecular formula is C23H46O3. The summed E-state index contributed by atoms with van der Waals surface area (Å²) in [6.07, 6.45) is 22.9. The average molecular weight is 371 g/mol. The van der Waals surface area contributed by atoms with Gasteiger partial charge in [-0.1, -0.05) is 103 Å². The number of carbonyl (C=O) groups excluding carboxylic acids is 1. The van der Waals surface area contributed by atoms with E-state index in [0.717, 1.165) is 32.1 Å². The lowest BCUT2D eigenvalue weighted by molar-refractivity contribution is -0.140. The number of rotatable bonds is 20. The van der Waals surface area contributed by atoms with Gasteiger partial charge in [-0.25, -0.2) is 0 Å². The van der Waals surface area contributed by atoms with Gasteiger partial charge < -0.3 is 9.84 Å². The van der Waals surface area contributed by atoms with Gasteiger partial charge in [0.1, 0.15) is 0 Å². The number of ether oxygens (including phenoxy) is 1. The molecule has 0 aromatic rings. The number of esters is 1. The average Bonchev–Trinajstić information content (AvgIpc) is 2.65. The lowest BCUT2D eigenvalue weighted by Crippen LogP contribution is -2.07. The van der Waals surface area contributed by atoms with Crippen LogP contribution in [0.15, 0.2) is 0 Å². The van der Waals surface area contributed by atoms with Crippen LogP contribution in [0.25, 0.3) is 0 Å². The number of aliphatic hydroxyl groups is 1. The van der Waals surface area contributed by atoms with Crippen LogP contribution >= 0.6 is 0 Å². The predicted octanol–water partition coefficient (Wildman–Crippen LogP) is 6.95. The molecule has 0 aliphatic heterocycles. The molecule has 0 spiro atoms.